The van der Waals surface area contributed by atoms with E-state index >= 15 is 0 Å². The molecule has 18 heavy (non-hydrogen) atoms. The summed E-state index contributed by atoms with van der Waals surface area (Å²) in [5.74, 6) is 0.977. The van der Waals surface area contributed by atoms with Gasteiger partial charge in [-0.25, -0.2) is 0 Å². The van der Waals surface area contributed by atoms with Gasteiger partial charge in [0.1, 0.15) is 11.5 Å². The monoisotopic (exact) mass is 312 g/mol. The number of carbonyl (C=O) groups excluding carboxylic acids is 1. The largest absolute Gasteiger partial charge is 0.492 e. The molecule has 0 N–H and O–H groups in total. The Morgan fingerprint density at radius 3 is 2.72 bits per heavy atom. The van der Waals surface area contributed by atoms with Crippen LogP contribution in [0.2, 0.25) is 0 Å². The predicted molar refractivity (Wildman–Crippen MR) is 72.9 cm³/mol. The van der Waals surface area contributed by atoms with Crippen molar-refractivity contribution in [3.63, 3.8) is 0 Å². The maximum atomic E-state index is 11.1. The van der Waals surface area contributed by atoms with Crippen LogP contribution in [0.1, 0.15) is 19.4 Å². The number of hydrogen-bond donors (Lipinski definition) is 0. The van der Waals surface area contributed by atoms with Crippen LogP contribution >= 0.6 is 15.9 Å². The maximum Gasteiger partial charge on any atom is 0.134 e. The van der Waals surface area contributed by atoms with E-state index in [4.69, 9.17) is 9.47 Å². The molecule has 0 spiro atoms. The minimum Gasteiger partial charge on any atom is -0.492 e. The molecule has 1 saturated heterocycles. The predicted octanol–water partition coefficient (Wildman–Crippen LogP) is 3.00. The van der Waals surface area contributed by atoms with Crippen molar-refractivity contribution in [2.24, 2.45) is 5.41 Å². The lowest BCUT2D eigenvalue weighted by Gasteiger charge is -2.37. The van der Waals surface area contributed by atoms with Gasteiger partial charge in [0, 0.05) is 11.8 Å². The van der Waals surface area contributed by atoms with Crippen LogP contribution in [0.3, 0.4) is 0 Å². The van der Waals surface area contributed by atoms with E-state index in [-0.39, 0.29) is 11.2 Å². The van der Waals surface area contributed by atoms with Crippen molar-refractivity contribution in [3.05, 3.63) is 28.2 Å². The highest BCUT2D eigenvalue weighted by Gasteiger charge is 2.34. The fourth-order valence-corrected chi connectivity index (χ4v) is 2.39. The first-order valence-electron chi connectivity index (χ1n) is 5.97. The van der Waals surface area contributed by atoms with Crippen LogP contribution in [-0.4, -0.2) is 25.6 Å². The Hall–Kier alpha value is -0.870. The molecular weight excluding hydrogens is 296 g/mol. The Morgan fingerprint density at radius 1 is 1.50 bits per heavy atom. The van der Waals surface area contributed by atoms with Gasteiger partial charge in [-0.05, 0) is 40.5 Å². The Morgan fingerprint density at radius 2 is 2.22 bits per heavy atom. The maximum absolute atomic E-state index is 11.1. The summed E-state index contributed by atoms with van der Waals surface area (Å²) in [6.45, 7) is 5.90. The van der Waals surface area contributed by atoms with Gasteiger partial charge in [-0.3, -0.25) is 4.79 Å². The van der Waals surface area contributed by atoms with Crippen molar-refractivity contribution in [2.45, 2.75) is 20.3 Å². The highest BCUT2D eigenvalue weighted by Crippen LogP contribution is 2.31. The fraction of sp³-hybridized carbons (Fsp3) is 0.500. The summed E-state index contributed by atoms with van der Waals surface area (Å²) in [4.78, 5) is 11.1. The molecule has 3 nitrogen and oxygen atoms in total. The van der Waals surface area contributed by atoms with Crippen LogP contribution < -0.4 is 4.74 Å². The smallest absolute Gasteiger partial charge is 0.134 e. The number of benzene rings is 1. The number of halogens is 1. The first-order valence-corrected chi connectivity index (χ1v) is 6.76. The third-order valence-electron chi connectivity index (χ3n) is 2.93. The topological polar surface area (TPSA) is 35.5 Å². The van der Waals surface area contributed by atoms with Gasteiger partial charge in [0.2, 0.25) is 0 Å². The van der Waals surface area contributed by atoms with Gasteiger partial charge in [-0.2, -0.15) is 0 Å². The van der Waals surface area contributed by atoms with E-state index in [1.54, 1.807) is 6.92 Å². The van der Waals surface area contributed by atoms with E-state index in [1.165, 1.54) is 0 Å². The number of Topliss-reactive ketones (excluding diaryl/α,β-unsaturated/α-hetero) is 1. The molecule has 98 valence electrons. The Labute approximate surface area is 116 Å². The van der Waals surface area contributed by atoms with Crippen molar-refractivity contribution >= 4 is 21.7 Å². The second-order valence-corrected chi connectivity index (χ2v) is 6.09. The van der Waals surface area contributed by atoms with Crippen LogP contribution in [0.5, 0.6) is 5.75 Å². The van der Waals surface area contributed by atoms with E-state index in [1.807, 2.05) is 18.2 Å². The van der Waals surface area contributed by atoms with E-state index in [2.05, 4.69) is 22.9 Å². The molecule has 1 fully saturated rings. The van der Waals surface area contributed by atoms with Gasteiger partial charge in [-0.15, -0.1) is 0 Å². The molecule has 0 atom stereocenters. The highest BCUT2D eigenvalue weighted by atomic mass is 79.9. The van der Waals surface area contributed by atoms with Gasteiger partial charge >= 0.3 is 0 Å². The third-order valence-corrected chi connectivity index (χ3v) is 3.55. The lowest BCUT2D eigenvalue weighted by atomic mass is 9.90. The summed E-state index contributed by atoms with van der Waals surface area (Å²) in [5.41, 5.74) is 1.14. The van der Waals surface area contributed by atoms with E-state index in [0.717, 1.165) is 29.0 Å². The molecule has 0 amide bonds. The van der Waals surface area contributed by atoms with Gasteiger partial charge in [0.25, 0.3) is 0 Å². The zero-order chi connectivity index (χ0) is 13.2. The molecular formula is C14H17BrO3. The molecule has 1 aliphatic rings. The zero-order valence-corrected chi connectivity index (χ0v) is 12.2. The van der Waals surface area contributed by atoms with Crippen LogP contribution in [0.25, 0.3) is 0 Å². The highest BCUT2D eigenvalue weighted by molar-refractivity contribution is 9.10. The average Bonchev–Trinajstić information content (AvgIpc) is 2.24. The van der Waals surface area contributed by atoms with Crippen LogP contribution in [0.4, 0.5) is 0 Å². The summed E-state index contributed by atoms with van der Waals surface area (Å²) in [7, 11) is 0. The van der Waals surface area contributed by atoms with Crippen molar-refractivity contribution in [1.29, 1.82) is 0 Å². The second kappa shape index (κ2) is 5.41. The molecule has 1 aromatic rings. The molecule has 0 radical (unpaired) electrons. The van der Waals surface area contributed by atoms with Crippen LogP contribution in [0.15, 0.2) is 22.7 Å². The lowest BCUT2D eigenvalue weighted by Crippen LogP contribution is -2.44. The Bertz CT molecular complexity index is 452. The average molecular weight is 313 g/mol. The third kappa shape index (κ3) is 3.33. The van der Waals surface area contributed by atoms with Crippen molar-refractivity contribution in [2.75, 3.05) is 19.8 Å². The molecule has 1 aromatic carbocycles. The molecule has 0 saturated carbocycles. The van der Waals surface area contributed by atoms with E-state index < -0.39 is 0 Å². The molecule has 1 heterocycles. The number of hydrogen-bond acceptors (Lipinski definition) is 3. The Balaban J connectivity index is 1.98. The molecule has 4 heteroatoms. The minimum atomic E-state index is 0.136. The van der Waals surface area contributed by atoms with Crippen molar-refractivity contribution in [1.82, 2.24) is 0 Å². The van der Waals surface area contributed by atoms with Crippen molar-refractivity contribution < 1.29 is 14.3 Å². The second-order valence-electron chi connectivity index (χ2n) is 5.24. The quantitative estimate of drug-likeness (QED) is 0.838. The molecule has 2 rings (SSSR count). The summed E-state index contributed by atoms with van der Waals surface area (Å²) in [6.07, 6.45) is 0.463. The Kier molecular flexibility index (Phi) is 4.07. The normalized spacial score (nSPS) is 17.1. The van der Waals surface area contributed by atoms with Gasteiger partial charge in [-0.1, -0.05) is 13.0 Å². The van der Waals surface area contributed by atoms with Crippen LogP contribution in [-0.2, 0) is 16.0 Å². The standard InChI is InChI=1S/C14H17BrO3/c1-10(16)5-11-3-4-13(12(15)6-11)18-9-14(2)7-17-8-14/h3-4,6H,5,7-9H2,1-2H3. The number of ketones is 1. The lowest BCUT2D eigenvalue weighted by molar-refractivity contribution is -0.120. The number of rotatable bonds is 5. The minimum absolute atomic E-state index is 0.136. The number of carbonyl (C=O) groups is 1. The van der Waals surface area contributed by atoms with Gasteiger partial charge in [0.05, 0.1) is 24.3 Å². The molecule has 0 bridgehead atoms. The zero-order valence-electron chi connectivity index (χ0n) is 10.7. The summed E-state index contributed by atoms with van der Waals surface area (Å²) in [6, 6.07) is 5.78. The molecule has 0 unspecified atom stereocenters. The first kappa shape index (κ1) is 13.6. The summed E-state index contributed by atoms with van der Waals surface area (Å²) in [5, 5.41) is 0. The van der Waals surface area contributed by atoms with E-state index in [0.29, 0.717) is 13.0 Å². The van der Waals surface area contributed by atoms with Crippen molar-refractivity contribution in [3.8, 4) is 5.75 Å². The van der Waals surface area contributed by atoms with E-state index in [9.17, 15) is 4.79 Å². The van der Waals surface area contributed by atoms with Gasteiger partial charge in [0.15, 0.2) is 0 Å². The number of ether oxygens (including phenoxy) is 2. The first-order chi connectivity index (χ1) is 8.48. The molecule has 1 aliphatic heterocycles. The summed E-state index contributed by atoms with van der Waals surface area (Å²) < 4.78 is 11.9. The van der Waals surface area contributed by atoms with Gasteiger partial charge < -0.3 is 9.47 Å². The van der Waals surface area contributed by atoms with Crippen LogP contribution in [0, 0.1) is 5.41 Å². The summed E-state index contributed by atoms with van der Waals surface area (Å²) >= 11 is 3.48. The molecule has 0 aliphatic carbocycles. The fourth-order valence-electron chi connectivity index (χ4n) is 1.84. The molecule has 0 aromatic heterocycles. The SMILES string of the molecule is CC(=O)Cc1ccc(OCC2(C)COC2)c(Br)c1.